The van der Waals surface area contributed by atoms with Crippen molar-refractivity contribution in [1.82, 2.24) is 0 Å². The molecular formula is C19H22O3. The van der Waals surface area contributed by atoms with Gasteiger partial charge < -0.3 is 9.47 Å². The van der Waals surface area contributed by atoms with Crippen LogP contribution in [-0.4, -0.2) is 13.1 Å². The Morgan fingerprint density at radius 1 is 0.955 bits per heavy atom. The summed E-state index contributed by atoms with van der Waals surface area (Å²) >= 11 is 0. The van der Waals surface area contributed by atoms with Gasteiger partial charge in [-0.3, -0.25) is 4.79 Å². The molecule has 0 aliphatic carbocycles. The van der Waals surface area contributed by atoms with E-state index in [1.165, 1.54) is 0 Å². The number of hydrogen-bond donors (Lipinski definition) is 0. The van der Waals surface area contributed by atoms with Crippen molar-refractivity contribution in [2.75, 3.05) is 7.11 Å². The average molecular weight is 298 g/mol. The molecule has 0 amide bonds. The summed E-state index contributed by atoms with van der Waals surface area (Å²) in [6, 6.07) is 16.8. The van der Waals surface area contributed by atoms with Crippen LogP contribution >= 0.6 is 0 Å². The third kappa shape index (κ3) is 3.14. The van der Waals surface area contributed by atoms with Gasteiger partial charge in [0.15, 0.2) is 0 Å². The molecule has 0 fully saturated rings. The molecule has 116 valence electrons. The third-order valence-corrected chi connectivity index (χ3v) is 4.17. The van der Waals surface area contributed by atoms with Gasteiger partial charge in [-0.25, -0.2) is 0 Å². The fourth-order valence-corrected chi connectivity index (χ4v) is 2.68. The van der Waals surface area contributed by atoms with Crippen molar-refractivity contribution in [3.8, 4) is 11.5 Å². The first kappa shape index (κ1) is 16.1. The standard InChI is InChI=1S/C19H22O3/c1-4-19(5-2,15-10-9-13-17(14-15)21-3)18(20)22-16-11-7-6-8-12-16/h6-14H,4-5H2,1-3H3. The molecule has 2 aromatic carbocycles. The average Bonchev–Trinajstić information content (AvgIpc) is 2.57. The molecule has 22 heavy (non-hydrogen) atoms. The highest BCUT2D eigenvalue weighted by molar-refractivity contribution is 5.85. The van der Waals surface area contributed by atoms with Gasteiger partial charge in [-0.15, -0.1) is 0 Å². The van der Waals surface area contributed by atoms with E-state index in [0.29, 0.717) is 18.6 Å². The highest BCUT2D eigenvalue weighted by Gasteiger charge is 2.39. The van der Waals surface area contributed by atoms with Crippen molar-refractivity contribution in [3.63, 3.8) is 0 Å². The second-order valence-corrected chi connectivity index (χ2v) is 5.22. The van der Waals surface area contributed by atoms with E-state index in [-0.39, 0.29) is 5.97 Å². The van der Waals surface area contributed by atoms with Crippen LogP contribution in [-0.2, 0) is 10.2 Å². The molecule has 3 heteroatoms. The minimum absolute atomic E-state index is 0.225. The summed E-state index contributed by atoms with van der Waals surface area (Å²) in [5.41, 5.74) is 0.266. The van der Waals surface area contributed by atoms with Gasteiger partial charge >= 0.3 is 5.97 Å². The molecule has 0 aliphatic rings. The van der Waals surface area contributed by atoms with Crippen molar-refractivity contribution < 1.29 is 14.3 Å². The van der Waals surface area contributed by atoms with Crippen LogP contribution in [0.2, 0.25) is 0 Å². The Balaban J connectivity index is 2.36. The van der Waals surface area contributed by atoms with Gasteiger partial charge in [0.25, 0.3) is 0 Å². The molecule has 0 radical (unpaired) electrons. The van der Waals surface area contributed by atoms with Gasteiger partial charge in [0.2, 0.25) is 0 Å². The van der Waals surface area contributed by atoms with E-state index in [1.807, 2.05) is 56.3 Å². The Morgan fingerprint density at radius 3 is 2.18 bits per heavy atom. The highest BCUT2D eigenvalue weighted by atomic mass is 16.5. The predicted molar refractivity (Wildman–Crippen MR) is 87.3 cm³/mol. The molecule has 0 aromatic heterocycles. The topological polar surface area (TPSA) is 35.5 Å². The lowest BCUT2D eigenvalue weighted by molar-refractivity contribution is -0.141. The monoisotopic (exact) mass is 298 g/mol. The van der Waals surface area contributed by atoms with Gasteiger partial charge in [-0.2, -0.15) is 0 Å². The molecule has 2 rings (SSSR count). The number of para-hydroxylation sites is 1. The van der Waals surface area contributed by atoms with E-state index in [0.717, 1.165) is 11.3 Å². The van der Waals surface area contributed by atoms with Crippen LogP contribution in [0.5, 0.6) is 11.5 Å². The number of esters is 1. The molecule has 0 saturated heterocycles. The fraction of sp³-hybridized carbons (Fsp3) is 0.316. The first-order valence-electron chi connectivity index (χ1n) is 7.58. The first-order chi connectivity index (χ1) is 10.7. The van der Waals surface area contributed by atoms with Crippen molar-refractivity contribution in [3.05, 3.63) is 60.2 Å². The Labute approximate surface area is 131 Å². The minimum atomic E-state index is -0.662. The largest absolute Gasteiger partial charge is 0.497 e. The van der Waals surface area contributed by atoms with E-state index < -0.39 is 5.41 Å². The van der Waals surface area contributed by atoms with Crippen LogP contribution in [0.15, 0.2) is 54.6 Å². The zero-order valence-corrected chi connectivity index (χ0v) is 13.3. The normalized spacial score (nSPS) is 11.0. The Hall–Kier alpha value is -2.29. The maximum Gasteiger partial charge on any atom is 0.321 e. The Morgan fingerprint density at radius 2 is 1.59 bits per heavy atom. The molecule has 2 aromatic rings. The maximum absolute atomic E-state index is 12.8. The van der Waals surface area contributed by atoms with Gasteiger partial charge in [-0.1, -0.05) is 44.2 Å². The van der Waals surface area contributed by atoms with Gasteiger partial charge in [0.05, 0.1) is 12.5 Å². The lowest BCUT2D eigenvalue weighted by Crippen LogP contribution is -2.38. The van der Waals surface area contributed by atoms with Gasteiger partial charge in [-0.05, 0) is 42.7 Å². The highest BCUT2D eigenvalue weighted by Crippen LogP contribution is 2.35. The summed E-state index contributed by atoms with van der Waals surface area (Å²) in [6.07, 6.45) is 1.34. The van der Waals surface area contributed by atoms with Crippen molar-refractivity contribution >= 4 is 5.97 Å². The molecule has 0 unspecified atom stereocenters. The second-order valence-electron chi connectivity index (χ2n) is 5.22. The smallest absolute Gasteiger partial charge is 0.321 e. The Kier molecular flexibility index (Phi) is 5.21. The van der Waals surface area contributed by atoms with Crippen molar-refractivity contribution in [1.29, 1.82) is 0 Å². The molecule has 0 heterocycles. The quantitative estimate of drug-likeness (QED) is 0.587. The second kappa shape index (κ2) is 7.12. The van der Waals surface area contributed by atoms with E-state index in [9.17, 15) is 4.79 Å². The summed E-state index contributed by atoms with van der Waals surface area (Å²) in [7, 11) is 1.63. The SMILES string of the molecule is CCC(CC)(C(=O)Oc1ccccc1)c1cccc(OC)c1. The van der Waals surface area contributed by atoms with E-state index >= 15 is 0 Å². The number of ether oxygens (including phenoxy) is 2. The summed E-state index contributed by atoms with van der Waals surface area (Å²) in [6.45, 7) is 4.02. The number of hydrogen-bond acceptors (Lipinski definition) is 3. The van der Waals surface area contributed by atoms with E-state index in [4.69, 9.17) is 9.47 Å². The summed E-state index contributed by atoms with van der Waals surface area (Å²) in [5, 5.41) is 0. The minimum Gasteiger partial charge on any atom is -0.497 e. The van der Waals surface area contributed by atoms with Crippen LogP contribution in [0.25, 0.3) is 0 Å². The van der Waals surface area contributed by atoms with Gasteiger partial charge in [0, 0.05) is 0 Å². The lowest BCUT2D eigenvalue weighted by Gasteiger charge is -2.30. The molecule has 0 aliphatic heterocycles. The predicted octanol–water partition coefficient (Wildman–Crippen LogP) is 4.36. The van der Waals surface area contributed by atoms with Crippen LogP contribution < -0.4 is 9.47 Å². The molecule has 0 saturated carbocycles. The molecule has 0 bridgehead atoms. The zero-order valence-electron chi connectivity index (χ0n) is 13.3. The first-order valence-corrected chi connectivity index (χ1v) is 7.58. The van der Waals surface area contributed by atoms with Crippen LogP contribution in [0, 0.1) is 0 Å². The van der Waals surface area contributed by atoms with Gasteiger partial charge in [0.1, 0.15) is 11.5 Å². The van der Waals surface area contributed by atoms with E-state index in [1.54, 1.807) is 19.2 Å². The van der Waals surface area contributed by atoms with Crippen LogP contribution in [0.3, 0.4) is 0 Å². The number of carbonyl (C=O) groups excluding carboxylic acids is 1. The number of benzene rings is 2. The van der Waals surface area contributed by atoms with Crippen LogP contribution in [0.4, 0.5) is 0 Å². The number of carbonyl (C=O) groups is 1. The summed E-state index contributed by atoms with van der Waals surface area (Å²) in [5.74, 6) is 1.09. The summed E-state index contributed by atoms with van der Waals surface area (Å²) < 4.78 is 10.9. The third-order valence-electron chi connectivity index (χ3n) is 4.17. The molecular weight excluding hydrogens is 276 g/mol. The maximum atomic E-state index is 12.8. The molecule has 0 N–H and O–H groups in total. The number of methoxy groups -OCH3 is 1. The molecule has 0 spiro atoms. The zero-order chi connectivity index (χ0) is 16.0. The van der Waals surface area contributed by atoms with Crippen molar-refractivity contribution in [2.24, 2.45) is 0 Å². The summed E-state index contributed by atoms with van der Waals surface area (Å²) in [4.78, 5) is 12.8. The number of rotatable bonds is 6. The molecule has 0 atom stereocenters. The Bertz CT molecular complexity index is 616. The van der Waals surface area contributed by atoms with E-state index in [2.05, 4.69) is 0 Å². The molecule has 3 nitrogen and oxygen atoms in total. The lowest BCUT2D eigenvalue weighted by atomic mass is 9.76. The van der Waals surface area contributed by atoms with Crippen molar-refractivity contribution in [2.45, 2.75) is 32.1 Å². The van der Waals surface area contributed by atoms with Crippen LogP contribution in [0.1, 0.15) is 32.3 Å². The fourth-order valence-electron chi connectivity index (χ4n) is 2.68.